The second kappa shape index (κ2) is 13.3. The molecule has 0 amide bonds. The van der Waals surface area contributed by atoms with Gasteiger partial charge in [0.15, 0.2) is 5.96 Å². The van der Waals surface area contributed by atoms with E-state index in [-0.39, 0.29) is 24.0 Å². The summed E-state index contributed by atoms with van der Waals surface area (Å²) in [5.41, 5.74) is 1.14. The molecule has 0 heterocycles. The molecule has 0 bridgehead atoms. The summed E-state index contributed by atoms with van der Waals surface area (Å²) in [7, 11) is 1.77. The highest BCUT2D eigenvalue weighted by molar-refractivity contribution is 14.0. The van der Waals surface area contributed by atoms with Crippen LogP contribution in [0.3, 0.4) is 0 Å². The molecule has 1 aromatic rings. The summed E-state index contributed by atoms with van der Waals surface area (Å²) in [5.74, 6) is 2.58. The fraction of sp³-hybridized carbons (Fsp3) is 0.682. The third-order valence-corrected chi connectivity index (χ3v) is 5.23. The van der Waals surface area contributed by atoms with E-state index in [1.807, 2.05) is 6.07 Å². The number of hydrogen-bond donors (Lipinski definition) is 2. The van der Waals surface area contributed by atoms with Gasteiger partial charge >= 0.3 is 0 Å². The molecular weight excluding hydrogens is 479 g/mol. The molecule has 29 heavy (non-hydrogen) atoms. The van der Waals surface area contributed by atoms with Crippen LogP contribution in [0, 0.1) is 5.92 Å². The third-order valence-electron chi connectivity index (χ3n) is 5.23. The van der Waals surface area contributed by atoms with Crippen molar-refractivity contribution in [2.45, 2.75) is 45.2 Å². The summed E-state index contributed by atoms with van der Waals surface area (Å²) >= 11 is 0. The highest BCUT2D eigenvalue weighted by Crippen LogP contribution is 2.30. The maximum absolute atomic E-state index is 6.01. The molecule has 0 radical (unpaired) electrons. The lowest BCUT2D eigenvalue weighted by molar-refractivity contribution is 0.144. The highest BCUT2D eigenvalue weighted by atomic mass is 127. The second-order valence-electron chi connectivity index (χ2n) is 7.74. The first-order valence-electron chi connectivity index (χ1n) is 10.8. The zero-order valence-electron chi connectivity index (χ0n) is 17.9. The van der Waals surface area contributed by atoms with Gasteiger partial charge in [0.05, 0.1) is 19.8 Å². The average Bonchev–Trinajstić information content (AvgIpc) is 3.61. The van der Waals surface area contributed by atoms with Gasteiger partial charge in [-0.1, -0.05) is 18.2 Å². The lowest BCUT2D eigenvalue weighted by Crippen LogP contribution is -2.42. The van der Waals surface area contributed by atoms with Crippen LogP contribution in [-0.4, -0.2) is 63.4 Å². The monoisotopic (exact) mass is 516 g/mol. The highest BCUT2D eigenvalue weighted by Gasteiger charge is 2.28. The van der Waals surface area contributed by atoms with E-state index >= 15 is 0 Å². The van der Waals surface area contributed by atoms with E-state index in [0.29, 0.717) is 6.54 Å². The summed E-state index contributed by atoms with van der Waals surface area (Å²) in [4.78, 5) is 7.29. The number of benzene rings is 1. The van der Waals surface area contributed by atoms with E-state index in [4.69, 9.17) is 14.5 Å². The topological polar surface area (TPSA) is 58.1 Å². The fourth-order valence-electron chi connectivity index (χ4n) is 3.22. The molecule has 0 saturated heterocycles. The number of rotatable bonds is 13. The maximum atomic E-state index is 6.01. The van der Waals surface area contributed by atoms with E-state index < -0.39 is 0 Å². The van der Waals surface area contributed by atoms with E-state index in [1.54, 1.807) is 7.11 Å². The molecule has 164 valence electrons. The van der Waals surface area contributed by atoms with Crippen LogP contribution in [0.5, 0.6) is 5.75 Å². The van der Waals surface area contributed by atoms with Crippen molar-refractivity contribution in [3.8, 4) is 5.75 Å². The number of aliphatic imine (C=N–C) groups is 1. The van der Waals surface area contributed by atoms with Crippen LogP contribution in [0.2, 0.25) is 0 Å². The first-order chi connectivity index (χ1) is 13.8. The van der Waals surface area contributed by atoms with Crippen molar-refractivity contribution in [2.75, 3.05) is 46.5 Å². The first-order valence-corrected chi connectivity index (χ1v) is 10.8. The minimum absolute atomic E-state index is 0. The Hall–Kier alpha value is -1.06. The Morgan fingerprint density at radius 1 is 1.14 bits per heavy atom. The van der Waals surface area contributed by atoms with E-state index in [2.05, 4.69) is 40.7 Å². The molecular formula is C22H37IN4O2. The molecule has 0 atom stereocenters. The van der Waals surface area contributed by atoms with Gasteiger partial charge in [0, 0.05) is 44.9 Å². The zero-order valence-corrected chi connectivity index (χ0v) is 20.2. The summed E-state index contributed by atoms with van der Waals surface area (Å²) < 4.78 is 11.3. The van der Waals surface area contributed by atoms with Crippen molar-refractivity contribution in [1.29, 1.82) is 0 Å². The Bertz CT molecular complexity index is 621. The number of para-hydroxylation sites is 1. The lowest BCUT2D eigenvalue weighted by Gasteiger charge is -2.22. The third kappa shape index (κ3) is 9.09. The van der Waals surface area contributed by atoms with Gasteiger partial charge in [0.1, 0.15) is 5.75 Å². The standard InChI is InChI=1S/C22H36N4O2.HI/c1-3-23-22(24-12-13-26(14-15-27-2)20-10-11-20)25-16-19-6-4-5-7-21(19)28-17-18-8-9-18;/h4-7,18,20H,3,8-17H2,1-2H3,(H2,23,24,25);1H. The van der Waals surface area contributed by atoms with Gasteiger partial charge in [0.25, 0.3) is 0 Å². The average molecular weight is 516 g/mol. The molecule has 2 fully saturated rings. The lowest BCUT2D eigenvalue weighted by atomic mass is 10.2. The zero-order chi connectivity index (χ0) is 19.6. The normalized spacial score (nSPS) is 16.4. The number of hydrogen-bond acceptors (Lipinski definition) is 4. The molecule has 2 aliphatic carbocycles. The number of halogens is 1. The predicted molar refractivity (Wildman–Crippen MR) is 129 cm³/mol. The summed E-state index contributed by atoms with van der Waals surface area (Å²) in [6.07, 6.45) is 5.24. The number of nitrogens with zero attached hydrogens (tertiary/aromatic N) is 2. The Balaban J connectivity index is 0.00000300. The van der Waals surface area contributed by atoms with Gasteiger partial charge in [-0.3, -0.25) is 4.90 Å². The molecule has 3 rings (SSSR count). The Morgan fingerprint density at radius 3 is 2.62 bits per heavy atom. The van der Waals surface area contributed by atoms with Crippen LogP contribution in [0.15, 0.2) is 29.3 Å². The molecule has 0 unspecified atom stereocenters. The summed E-state index contributed by atoms with van der Waals surface area (Å²) in [6, 6.07) is 8.99. The molecule has 0 aliphatic heterocycles. The summed E-state index contributed by atoms with van der Waals surface area (Å²) in [6.45, 7) is 8.08. The molecule has 6 nitrogen and oxygen atoms in total. The first kappa shape index (κ1) is 24.2. The number of nitrogens with one attached hydrogen (secondary N) is 2. The minimum Gasteiger partial charge on any atom is -0.493 e. The van der Waals surface area contributed by atoms with Crippen molar-refractivity contribution in [3.05, 3.63) is 29.8 Å². The van der Waals surface area contributed by atoms with E-state index in [9.17, 15) is 0 Å². The van der Waals surface area contributed by atoms with Gasteiger partial charge in [-0.2, -0.15) is 0 Å². The molecule has 7 heteroatoms. The molecule has 0 aromatic heterocycles. The van der Waals surface area contributed by atoms with E-state index in [1.165, 1.54) is 25.7 Å². The minimum atomic E-state index is 0. The molecule has 0 spiro atoms. The quantitative estimate of drug-likeness (QED) is 0.240. The fourth-order valence-corrected chi connectivity index (χ4v) is 3.22. The van der Waals surface area contributed by atoms with Crippen molar-refractivity contribution in [3.63, 3.8) is 0 Å². The number of ether oxygens (including phenoxy) is 2. The number of methoxy groups -OCH3 is 1. The Labute approximate surface area is 192 Å². The SMILES string of the molecule is CCNC(=NCc1ccccc1OCC1CC1)NCCN(CCOC)C1CC1.I. The largest absolute Gasteiger partial charge is 0.493 e. The van der Waals surface area contributed by atoms with Gasteiger partial charge in [-0.25, -0.2) is 4.99 Å². The molecule has 1 aromatic carbocycles. The van der Waals surface area contributed by atoms with E-state index in [0.717, 1.165) is 68.6 Å². The van der Waals surface area contributed by atoms with Crippen molar-refractivity contribution in [2.24, 2.45) is 10.9 Å². The van der Waals surface area contributed by atoms with Crippen LogP contribution in [-0.2, 0) is 11.3 Å². The predicted octanol–water partition coefficient (Wildman–Crippen LogP) is 3.26. The van der Waals surface area contributed by atoms with Crippen molar-refractivity contribution >= 4 is 29.9 Å². The van der Waals surface area contributed by atoms with Crippen LogP contribution >= 0.6 is 24.0 Å². The Morgan fingerprint density at radius 2 is 1.93 bits per heavy atom. The second-order valence-corrected chi connectivity index (χ2v) is 7.74. The summed E-state index contributed by atoms with van der Waals surface area (Å²) in [5, 5.41) is 6.82. The molecule has 2 saturated carbocycles. The van der Waals surface area contributed by atoms with Crippen LogP contribution < -0.4 is 15.4 Å². The Kier molecular flexibility index (Phi) is 11.1. The van der Waals surface area contributed by atoms with Crippen LogP contribution in [0.4, 0.5) is 0 Å². The van der Waals surface area contributed by atoms with Gasteiger partial charge in [-0.05, 0) is 44.6 Å². The van der Waals surface area contributed by atoms with Gasteiger partial charge in [0.2, 0.25) is 0 Å². The smallest absolute Gasteiger partial charge is 0.191 e. The van der Waals surface area contributed by atoms with Crippen LogP contribution in [0.25, 0.3) is 0 Å². The van der Waals surface area contributed by atoms with Gasteiger partial charge < -0.3 is 20.1 Å². The maximum Gasteiger partial charge on any atom is 0.191 e. The molecule has 2 aliphatic rings. The number of guanidine groups is 1. The van der Waals surface area contributed by atoms with Gasteiger partial charge in [-0.15, -0.1) is 24.0 Å². The van der Waals surface area contributed by atoms with Crippen molar-refractivity contribution in [1.82, 2.24) is 15.5 Å². The van der Waals surface area contributed by atoms with Crippen molar-refractivity contribution < 1.29 is 9.47 Å². The van der Waals surface area contributed by atoms with Crippen LogP contribution in [0.1, 0.15) is 38.2 Å². The molecule has 2 N–H and O–H groups in total.